The van der Waals surface area contributed by atoms with Crippen molar-refractivity contribution in [1.29, 1.82) is 0 Å². The van der Waals surface area contributed by atoms with Gasteiger partial charge in [-0.05, 0) is 24.1 Å². The van der Waals surface area contributed by atoms with Crippen LogP contribution in [0.5, 0.6) is 5.75 Å². The smallest absolute Gasteiger partial charge is 0.286 e. The Kier molecular flexibility index (Phi) is 3.41. The van der Waals surface area contributed by atoms with E-state index in [2.05, 4.69) is 0 Å². The van der Waals surface area contributed by atoms with E-state index in [1.807, 2.05) is 0 Å². The van der Waals surface area contributed by atoms with Crippen molar-refractivity contribution in [1.82, 2.24) is 0 Å². The van der Waals surface area contributed by atoms with Gasteiger partial charge in [-0.1, -0.05) is 12.1 Å². The maximum absolute atomic E-state index is 11.1. The SMILES string of the molecule is NC(=O)C(=O)[C@@H](N)Cc1ccc(O)cc1. The van der Waals surface area contributed by atoms with E-state index in [0.717, 1.165) is 5.56 Å². The zero-order valence-corrected chi connectivity index (χ0v) is 8.01. The van der Waals surface area contributed by atoms with Gasteiger partial charge in [-0.15, -0.1) is 0 Å². The fourth-order valence-electron chi connectivity index (χ4n) is 1.16. The van der Waals surface area contributed by atoms with Gasteiger partial charge in [-0.3, -0.25) is 9.59 Å². The highest BCUT2D eigenvalue weighted by Gasteiger charge is 2.18. The van der Waals surface area contributed by atoms with E-state index < -0.39 is 17.7 Å². The quantitative estimate of drug-likeness (QED) is 0.569. The molecular formula is C10H12N2O3. The second kappa shape index (κ2) is 4.56. The van der Waals surface area contributed by atoms with Gasteiger partial charge in [0, 0.05) is 0 Å². The molecule has 0 saturated heterocycles. The Balaban J connectivity index is 2.66. The predicted octanol–water partition coefficient (Wildman–Crippen LogP) is -0.684. The number of benzene rings is 1. The van der Waals surface area contributed by atoms with Crippen LogP contribution in [0.3, 0.4) is 0 Å². The second-order valence-corrected chi connectivity index (χ2v) is 3.21. The van der Waals surface area contributed by atoms with Crippen LogP contribution in [0.15, 0.2) is 24.3 Å². The van der Waals surface area contributed by atoms with Crippen molar-refractivity contribution in [3.8, 4) is 5.75 Å². The number of hydrogen-bond donors (Lipinski definition) is 3. The molecule has 1 atom stereocenters. The number of carbonyl (C=O) groups is 2. The summed E-state index contributed by atoms with van der Waals surface area (Å²) in [5.74, 6) is -1.68. The van der Waals surface area contributed by atoms with Crippen LogP contribution in [-0.2, 0) is 16.0 Å². The summed E-state index contributed by atoms with van der Waals surface area (Å²) in [6.07, 6.45) is 0.224. The van der Waals surface area contributed by atoms with E-state index >= 15 is 0 Å². The number of hydrogen-bond acceptors (Lipinski definition) is 4. The highest BCUT2D eigenvalue weighted by Crippen LogP contribution is 2.10. The minimum absolute atomic E-state index is 0.133. The molecule has 0 spiro atoms. The molecule has 1 amide bonds. The average Bonchev–Trinajstić information content (AvgIpc) is 2.20. The number of carbonyl (C=O) groups excluding carboxylic acids is 2. The molecule has 80 valence electrons. The van der Waals surface area contributed by atoms with Gasteiger partial charge in [0.05, 0.1) is 6.04 Å². The van der Waals surface area contributed by atoms with E-state index in [1.54, 1.807) is 12.1 Å². The Labute approximate surface area is 86.7 Å². The topological polar surface area (TPSA) is 106 Å². The number of rotatable bonds is 4. The first-order valence-corrected chi connectivity index (χ1v) is 4.38. The van der Waals surface area contributed by atoms with Crippen molar-refractivity contribution in [3.63, 3.8) is 0 Å². The van der Waals surface area contributed by atoms with E-state index in [4.69, 9.17) is 16.6 Å². The molecule has 0 fully saturated rings. The Morgan fingerprint density at radius 2 is 1.80 bits per heavy atom. The lowest BCUT2D eigenvalue weighted by atomic mass is 10.0. The summed E-state index contributed by atoms with van der Waals surface area (Å²) in [6, 6.07) is 5.30. The van der Waals surface area contributed by atoms with Crippen LogP contribution in [-0.4, -0.2) is 22.8 Å². The van der Waals surface area contributed by atoms with Crippen LogP contribution in [0.25, 0.3) is 0 Å². The van der Waals surface area contributed by atoms with Gasteiger partial charge in [-0.25, -0.2) is 0 Å². The summed E-state index contributed by atoms with van der Waals surface area (Å²) in [5.41, 5.74) is 11.0. The minimum Gasteiger partial charge on any atom is -0.508 e. The maximum atomic E-state index is 11.1. The Morgan fingerprint density at radius 3 is 2.27 bits per heavy atom. The Hall–Kier alpha value is -1.88. The van der Waals surface area contributed by atoms with Crippen molar-refractivity contribution in [2.24, 2.45) is 11.5 Å². The summed E-state index contributed by atoms with van der Waals surface area (Å²) in [7, 11) is 0. The third kappa shape index (κ3) is 3.07. The number of nitrogens with two attached hydrogens (primary N) is 2. The highest BCUT2D eigenvalue weighted by atomic mass is 16.3. The van der Waals surface area contributed by atoms with Gasteiger partial charge in [0.1, 0.15) is 5.75 Å². The molecule has 0 radical (unpaired) electrons. The highest BCUT2D eigenvalue weighted by molar-refractivity contribution is 6.37. The zero-order valence-electron chi connectivity index (χ0n) is 8.01. The van der Waals surface area contributed by atoms with Crippen LogP contribution >= 0.6 is 0 Å². The molecule has 5 heteroatoms. The molecule has 0 aromatic heterocycles. The van der Waals surface area contributed by atoms with Crippen LogP contribution in [0.4, 0.5) is 0 Å². The number of primary amides is 1. The Bertz CT molecular complexity index is 373. The van der Waals surface area contributed by atoms with Gasteiger partial charge < -0.3 is 16.6 Å². The number of ketones is 1. The maximum Gasteiger partial charge on any atom is 0.286 e. The summed E-state index contributed by atoms with van der Waals surface area (Å²) in [4.78, 5) is 21.6. The summed E-state index contributed by atoms with van der Waals surface area (Å²) >= 11 is 0. The van der Waals surface area contributed by atoms with Gasteiger partial charge in [0.15, 0.2) is 0 Å². The second-order valence-electron chi connectivity index (χ2n) is 3.21. The molecular weight excluding hydrogens is 196 g/mol. The number of phenols is 1. The average molecular weight is 208 g/mol. The van der Waals surface area contributed by atoms with Crippen molar-refractivity contribution in [2.45, 2.75) is 12.5 Å². The molecule has 0 aliphatic rings. The lowest BCUT2D eigenvalue weighted by Gasteiger charge is -2.07. The molecule has 0 heterocycles. The minimum atomic E-state index is -1.03. The number of phenolic OH excluding ortho intramolecular Hbond substituents is 1. The molecule has 1 aromatic rings. The monoisotopic (exact) mass is 208 g/mol. The third-order valence-electron chi connectivity index (χ3n) is 1.97. The number of amides is 1. The molecule has 15 heavy (non-hydrogen) atoms. The standard InChI is InChI=1S/C10H12N2O3/c11-8(9(14)10(12)15)5-6-1-3-7(13)4-2-6/h1-4,8,13H,5,11H2,(H2,12,15)/t8-/m0/s1. The van der Waals surface area contributed by atoms with Gasteiger partial charge in [0.25, 0.3) is 5.91 Å². The first kappa shape index (κ1) is 11.2. The van der Waals surface area contributed by atoms with Crippen molar-refractivity contribution >= 4 is 11.7 Å². The largest absolute Gasteiger partial charge is 0.508 e. The van der Waals surface area contributed by atoms with E-state index in [-0.39, 0.29) is 12.2 Å². The lowest BCUT2D eigenvalue weighted by molar-refractivity contribution is -0.136. The Morgan fingerprint density at radius 1 is 1.27 bits per heavy atom. The van der Waals surface area contributed by atoms with Gasteiger partial charge >= 0.3 is 0 Å². The molecule has 0 aliphatic carbocycles. The van der Waals surface area contributed by atoms with Crippen LogP contribution in [0.2, 0.25) is 0 Å². The molecule has 0 saturated carbocycles. The molecule has 1 rings (SSSR count). The predicted molar refractivity (Wildman–Crippen MR) is 54.0 cm³/mol. The van der Waals surface area contributed by atoms with E-state index in [9.17, 15) is 9.59 Å². The first-order chi connectivity index (χ1) is 7.00. The van der Waals surface area contributed by atoms with Crippen LogP contribution in [0.1, 0.15) is 5.56 Å². The summed E-state index contributed by atoms with van der Waals surface area (Å²) < 4.78 is 0. The van der Waals surface area contributed by atoms with E-state index in [0.29, 0.717) is 0 Å². The van der Waals surface area contributed by atoms with Crippen molar-refractivity contribution < 1.29 is 14.7 Å². The number of aromatic hydroxyl groups is 1. The fourth-order valence-corrected chi connectivity index (χ4v) is 1.16. The molecule has 5 nitrogen and oxygen atoms in total. The van der Waals surface area contributed by atoms with Crippen molar-refractivity contribution in [2.75, 3.05) is 0 Å². The van der Waals surface area contributed by atoms with Gasteiger partial charge in [-0.2, -0.15) is 0 Å². The first-order valence-electron chi connectivity index (χ1n) is 4.38. The molecule has 0 aliphatic heterocycles. The molecule has 1 aromatic carbocycles. The third-order valence-corrected chi connectivity index (χ3v) is 1.97. The zero-order chi connectivity index (χ0) is 11.4. The molecule has 5 N–H and O–H groups in total. The molecule has 0 bridgehead atoms. The van der Waals surface area contributed by atoms with Crippen LogP contribution < -0.4 is 11.5 Å². The van der Waals surface area contributed by atoms with Gasteiger partial charge in [0.2, 0.25) is 5.78 Å². The summed E-state index contributed by atoms with van der Waals surface area (Å²) in [5, 5.41) is 9.02. The fraction of sp³-hybridized carbons (Fsp3) is 0.200. The normalized spacial score (nSPS) is 12.1. The lowest BCUT2D eigenvalue weighted by Crippen LogP contribution is -2.41. The summed E-state index contributed by atoms with van der Waals surface area (Å²) in [6.45, 7) is 0. The van der Waals surface area contributed by atoms with E-state index in [1.165, 1.54) is 12.1 Å². The van der Waals surface area contributed by atoms with Crippen LogP contribution in [0, 0.1) is 0 Å². The van der Waals surface area contributed by atoms with Crippen molar-refractivity contribution in [3.05, 3.63) is 29.8 Å². The number of Topliss-reactive ketones (excluding diaryl/α,β-unsaturated/α-hetero) is 1. The molecule has 0 unspecified atom stereocenters.